The van der Waals surface area contributed by atoms with Gasteiger partial charge in [-0.2, -0.15) is 0 Å². The number of carbonyl (C=O) groups excluding carboxylic acids is 2. The minimum absolute atomic E-state index is 0.0387. The zero-order chi connectivity index (χ0) is 19.5. The second kappa shape index (κ2) is 7.80. The Kier molecular flexibility index (Phi) is 5.06. The molecular formula is C21H23N3O4. The van der Waals surface area contributed by atoms with Gasteiger partial charge in [0.05, 0.1) is 6.04 Å². The fraction of sp³-hybridized carbons (Fsp3) is 0.333. The Balaban J connectivity index is 1.37. The number of amides is 3. The maximum absolute atomic E-state index is 12.8. The molecule has 2 aliphatic heterocycles. The molecule has 146 valence electrons. The Morgan fingerprint density at radius 2 is 1.82 bits per heavy atom. The highest BCUT2D eigenvalue weighted by molar-refractivity contribution is 5.96. The van der Waals surface area contributed by atoms with Crippen molar-refractivity contribution in [2.24, 2.45) is 0 Å². The Labute approximate surface area is 163 Å². The van der Waals surface area contributed by atoms with E-state index in [0.717, 1.165) is 11.3 Å². The smallest absolute Gasteiger partial charge is 0.325 e. The monoisotopic (exact) mass is 381 g/mol. The number of rotatable bonds is 5. The molecule has 2 aliphatic rings. The summed E-state index contributed by atoms with van der Waals surface area (Å²) < 4.78 is 11.1. The summed E-state index contributed by atoms with van der Waals surface area (Å²) in [4.78, 5) is 28.4. The van der Waals surface area contributed by atoms with Crippen molar-refractivity contribution in [1.82, 2.24) is 10.2 Å². The predicted octanol–water partition coefficient (Wildman–Crippen LogP) is 2.58. The molecule has 4 rings (SSSR count). The molecule has 1 N–H and O–H groups in total. The van der Waals surface area contributed by atoms with E-state index < -0.39 is 0 Å². The Morgan fingerprint density at radius 3 is 2.61 bits per heavy atom. The fourth-order valence-electron chi connectivity index (χ4n) is 3.45. The fourth-order valence-corrected chi connectivity index (χ4v) is 3.45. The molecule has 1 unspecified atom stereocenters. The van der Waals surface area contributed by atoms with E-state index >= 15 is 0 Å². The van der Waals surface area contributed by atoms with Gasteiger partial charge >= 0.3 is 6.03 Å². The van der Waals surface area contributed by atoms with Crippen LogP contribution in [-0.4, -0.2) is 49.7 Å². The molecule has 0 saturated carbocycles. The summed E-state index contributed by atoms with van der Waals surface area (Å²) in [6.45, 7) is 4.02. The minimum atomic E-state index is -0.181. The van der Waals surface area contributed by atoms with Gasteiger partial charge in [0.2, 0.25) is 5.91 Å². The molecule has 7 heteroatoms. The molecule has 0 radical (unpaired) electrons. The van der Waals surface area contributed by atoms with Crippen molar-refractivity contribution in [3.63, 3.8) is 0 Å². The van der Waals surface area contributed by atoms with E-state index in [1.165, 1.54) is 0 Å². The molecular weight excluding hydrogens is 358 g/mol. The second-order valence-corrected chi connectivity index (χ2v) is 6.88. The Morgan fingerprint density at radius 1 is 1.07 bits per heavy atom. The van der Waals surface area contributed by atoms with Crippen LogP contribution in [0.3, 0.4) is 0 Å². The number of hydrogen-bond acceptors (Lipinski definition) is 4. The zero-order valence-corrected chi connectivity index (χ0v) is 15.8. The number of ether oxygens (including phenoxy) is 2. The van der Waals surface area contributed by atoms with E-state index in [4.69, 9.17) is 9.47 Å². The summed E-state index contributed by atoms with van der Waals surface area (Å²) in [5.74, 6) is 1.16. The average Bonchev–Trinajstić information content (AvgIpc) is 3.08. The van der Waals surface area contributed by atoms with Crippen molar-refractivity contribution in [2.75, 3.05) is 37.7 Å². The first-order valence-electron chi connectivity index (χ1n) is 9.42. The number of carbonyl (C=O) groups is 2. The molecule has 7 nitrogen and oxygen atoms in total. The van der Waals surface area contributed by atoms with E-state index in [2.05, 4.69) is 5.32 Å². The van der Waals surface area contributed by atoms with Crippen LogP contribution < -0.4 is 19.7 Å². The summed E-state index contributed by atoms with van der Waals surface area (Å²) in [5.41, 5.74) is 1.77. The van der Waals surface area contributed by atoms with E-state index in [9.17, 15) is 9.59 Å². The van der Waals surface area contributed by atoms with Crippen LogP contribution in [-0.2, 0) is 4.79 Å². The molecule has 1 saturated heterocycles. The van der Waals surface area contributed by atoms with E-state index in [1.54, 1.807) is 9.80 Å². The lowest BCUT2D eigenvalue weighted by atomic mass is 10.1. The maximum atomic E-state index is 12.8. The van der Waals surface area contributed by atoms with Crippen LogP contribution in [0.5, 0.6) is 11.5 Å². The third-order valence-electron chi connectivity index (χ3n) is 4.94. The number of nitrogens with one attached hydrogen (secondary N) is 1. The third-order valence-corrected chi connectivity index (χ3v) is 4.94. The van der Waals surface area contributed by atoms with Gasteiger partial charge in [0, 0.05) is 24.8 Å². The van der Waals surface area contributed by atoms with Gasteiger partial charge in [-0.05, 0) is 24.6 Å². The van der Waals surface area contributed by atoms with Crippen LogP contribution in [0.2, 0.25) is 0 Å². The highest BCUT2D eigenvalue weighted by atomic mass is 16.6. The van der Waals surface area contributed by atoms with Gasteiger partial charge in [0.15, 0.2) is 11.5 Å². The van der Waals surface area contributed by atoms with Gasteiger partial charge in [-0.25, -0.2) is 4.79 Å². The first-order valence-corrected chi connectivity index (χ1v) is 9.42. The first kappa shape index (κ1) is 18.2. The topological polar surface area (TPSA) is 71.1 Å². The molecule has 1 fully saturated rings. The predicted molar refractivity (Wildman–Crippen MR) is 105 cm³/mol. The van der Waals surface area contributed by atoms with Crippen LogP contribution in [0.1, 0.15) is 18.5 Å². The van der Waals surface area contributed by atoms with E-state index in [-0.39, 0.29) is 24.5 Å². The molecule has 0 spiro atoms. The molecule has 3 amide bonds. The summed E-state index contributed by atoms with van der Waals surface area (Å²) >= 11 is 0. The minimum Gasteiger partial charge on any atom is -0.486 e. The Bertz CT molecular complexity index is 871. The molecule has 28 heavy (non-hydrogen) atoms. The summed E-state index contributed by atoms with van der Waals surface area (Å²) in [6.07, 6.45) is 0. The number of benzene rings is 2. The normalized spacial score (nSPS) is 16.8. The first-order chi connectivity index (χ1) is 13.6. The van der Waals surface area contributed by atoms with Gasteiger partial charge in [-0.1, -0.05) is 30.3 Å². The average molecular weight is 381 g/mol. The molecule has 0 aromatic heterocycles. The van der Waals surface area contributed by atoms with Crippen molar-refractivity contribution >= 4 is 17.6 Å². The van der Waals surface area contributed by atoms with Gasteiger partial charge in [0.25, 0.3) is 0 Å². The molecule has 0 aliphatic carbocycles. The highest BCUT2D eigenvalue weighted by Crippen LogP contribution is 2.34. The highest BCUT2D eigenvalue weighted by Gasteiger charge is 2.31. The van der Waals surface area contributed by atoms with Crippen LogP contribution in [0.4, 0.5) is 10.5 Å². The number of urea groups is 1. The number of nitrogens with zero attached hydrogens (tertiary/aromatic N) is 2. The van der Waals surface area contributed by atoms with Crippen molar-refractivity contribution < 1.29 is 19.1 Å². The van der Waals surface area contributed by atoms with Crippen LogP contribution >= 0.6 is 0 Å². The molecule has 2 aromatic rings. The maximum Gasteiger partial charge on any atom is 0.325 e. The number of fused-ring (bicyclic) bond motifs is 1. The summed E-state index contributed by atoms with van der Waals surface area (Å²) in [7, 11) is 0. The molecule has 1 atom stereocenters. The van der Waals surface area contributed by atoms with Crippen molar-refractivity contribution in [1.29, 1.82) is 0 Å². The van der Waals surface area contributed by atoms with Gasteiger partial charge < -0.3 is 19.7 Å². The lowest BCUT2D eigenvalue weighted by Crippen LogP contribution is -2.40. The lowest BCUT2D eigenvalue weighted by Gasteiger charge is -2.22. The van der Waals surface area contributed by atoms with Crippen LogP contribution in [0, 0.1) is 0 Å². The van der Waals surface area contributed by atoms with Gasteiger partial charge in [-0.3, -0.25) is 9.69 Å². The van der Waals surface area contributed by atoms with Gasteiger partial charge in [0.1, 0.15) is 19.8 Å². The van der Waals surface area contributed by atoms with Crippen molar-refractivity contribution in [3.8, 4) is 11.5 Å². The molecule has 2 heterocycles. The van der Waals surface area contributed by atoms with Crippen LogP contribution in [0.25, 0.3) is 0 Å². The third kappa shape index (κ3) is 3.74. The Hall–Kier alpha value is -3.22. The molecule has 2 aromatic carbocycles. The molecule has 0 bridgehead atoms. The van der Waals surface area contributed by atoms with Crippen molar-refractivity contribution in [3.05, 3.63) is 54.1 Å². The van der Waals surface area contributed by atoms with Gasteiger partial charge in [-0.15, -0.1) is 0 Å². The van der Waals surface area contributed by atoms with Crippen LogP contribution in [0.15, 0.2) is 48.5 Å². The van der Waals surface area contributed by atoms with E-state index in [0.29, 0.717) is 37.8 Å². The number of anilines is 1. The lowest BCUT2D eigenvalue weighted by molar-refractivity contribution is -0.122. The quantitative estimate of drug-likeness (QED) is 0.864. The van der Waals surface area contributed by atoms with E-state index in [1.807, 2.05) is 55.5 Å². The number of hydrogen-bond donors (Lipinski definition) is 1. The summed E-state index contributed by atoms with van der Waals surface area (Å²) in [6, 6.07) is 14.9. The second-order valence-electron chi connectivity index (χ2n) is 6.88. The zero-order valence-electron chi connectivity index (χ0n) is 15.8. The SMILES string of the molecule is CC(NC(=O)CN1CCN(c2ccc3c(c2)OCCO3)C1=O)c1ccccc1. The van der Waals surface area contributed by atoms with Crippen molar-refractivity contribution in [2.45, 2.75) is 13.0 Å². The summed E-state index contributed by atoms with van der Waals surface area (Å²) in [5, 5.41) is 2.95. The largest absolute Gasteiger partial charge is 0.486 e. The standard InChI is InChI=1S/C21H23N3O4/c1-15(16-5-3-2-4-6-16)22-20(25)14-23-9-10-24(21(23)26)17-7-8-18-19(13-17)28-12-11-27-18/h2-8,13,15H,9-12,14H2,1H3,(H,22,25).